The average Bonchev–Trinajstić information content (AvgIpc) is 2.00. The van der Waals surface area contributed by atoms with Gasteiger partial charge in [0.1, 0.15) is 5.60 Å². The molecule has 1 atom stereocenters. The molecule has 84 valence electrons. The Hall–Kier alpha value is -0.570. The third-order valence-electron chi connectivity index (χ3n) is 1.91. The molecule has 0 heterocycles. The van der Waals surface area contributed by atoms with E-state index in [1.54, 1.807) is 0 Å². The molecule has 3 nitrogen and oxygen atoms in total. The van der Waals surface area contributed by atoms with Crippen LogP contribution in [0.1, 0.15) is 47.0 Å². The van der Waals surface area contributed by atoms with Crippen LogP contribution in [-0.2, 0) is 9.53 Å². The Morgan fingerprint density at radius 2 is 2.00 bits per heavy atom. The molecule has 2 N–H and O–H groups in total. The van der Waals surface area contributed by atoms with Gasteiger partial charge in [-0.25, -0.2) is 0 Å². The van der Waals surface area contributed by atoms with Crippen LogP contribution in [0.4, 0.5) is 0 Å². The summed E-state index contributed by atoms with van der Waals surface area (Å²) >= 11 is 0. The maximum atomic E-state index is 11.4. The minimum absolute atomic E-state index is 0.138. The van der Waals surface area contributed by atoms with Crippen LogP contribution in [0.2, 0.25) is 0 Å². The summed E-state index contributed by atoms with van der Waals surface area (Å²) in [4.78, 5) is 11.4. The van der Waals surface area contributed by atoms with Gasteiger partial charge < -0.3 is 10.5 Å². The van der Waals surface area contributed by atoms with Gasteiger partial charge in [0, 0.05) is 6.42 Å². The van der Waals surface area contributed by atoms with E-state index in [0.29, 0.717) is 13.0 Å². The number of hydrogen-bond donors (Lipinski definition) is 1. The van der Waals surface area contributed by atoms with Crippen molar-refractivity contribution in [2.75, 3.05) is 6.54 Å². The number of rotatable bonds is 5. The lowest BCUT2D eigenvalue weighted by Gasteiger charge is -2.21. The summed E-state index contributed by atoms with van der Waals surface area (Å²) in [5, 5.41) is 0. The van der Waals surface area contributed by atoms with Crippen molar-refractivity contribution in [2.24, 2.45) is 11.7 Å². The van der Waals surface area contributed by atoms with E-state index in [9.17, 15) is 4.79 Å². The smallest absolute Gasteiger partial charge is 0.306 e. The van der Waals surface area contributed by atoms with E-state index in [4.69, 9.17) is 10.5 Å². The van der Waals surface area contributed by atoms with E-state index < -0.39 is 0 Å². The van der Waals surface area contributed by atoms with E-state index in [1.165, 1.54) is 0 Å². The molecule has 3 heteroatoms. The Kier molecular flexibility index (Phi) is 5.77. The molecule has 0 aliphatic heterocycles. The van der Waals surface area contributed by atoms with Gasteiger partial charge in [-0.15, -0.1) is 0 Å². The van der Waals surface area contributed by atoms with Crippen LogP contribution in [0, 0.1) is 5.92 Å². The molecule has 0 saturated heterocycles. The lowest BCUT2D eigenvalue weighted by atomic mass is 10.0. The summed E-state index contributed by atoms with van der Waals surface area (Å²) in [6.07, 6.45) is 2.50. The molecular formula is C11H23NO2. The van der Waals surface area contributed by atoms with E-state index in [2.05, 4.69) is 6.92 Å². The van der Waals surface area contributed by atoms with Crippen molar-refractivity contribution in [2.45, 2.75) is 52.6 Å². The zero-order valence-corrected chi connectivity index (χ0v) is 9.80. The standard InChI is InChI=1S/C11H23NO2/c1-5-6-9(8-12)7-10(13)14-11(2,3)4/h9H,5-8,12H2,1-4H3/t9-/m1/s1. The first-order valence-electron chi connectivity index (χ1n) is 5.31. The van der Waals surface area contributed by atoms with Crippen LogP contribution in [0.3, 0.4) is 0 Å². The minimum Gasteiger partial charge on any atom is -0.460 e. The molecule has 0 fully saturated rings. The molecule has 0 aliphatic carbocycles. The maximum Gasteiger partial charge on any atom is 0.306 e. The quantitative estimate of drug-likeness (QED) is 0.693. The third-order valence-corrected chi connectivity index (χ3v) is 1.91. The van der Waals surface area contributed by atoms with Crippen LogP contribution in [-0.4, -0.2) is 18.1 Å². The SMILES string of the molecule is CCC[C@@H](CN)CC(=O)OC(C)(C)C. The van der Waals surface area contributed by atoms with E-state index in [0.717, 1.165) is 12.8 Å². The molecule has 0 aromatic heterocycles. The predicted octanol–water partition coefficient (Wildman–Crippen LogP) is 2.09. The molecule has 0 spiro atoms. The molecule has 0 aromatic rings. The van der Waals surface area contributed by atoms with Gasteiger partial charge in [-0.3, -0.25) is 4.79 Å². The fraction of sp³-hybridized carbons (Fsp3) is 0.909. The second-order valence-electron chi connectivity index (χ2n) is 4.68. The first-order valence-corrected chi connectivity index (χ1v) is 5.31. The van der Waals surface area contributed by atoms with Crippen molar-refractivity contribution in [3.63, 3.8) is 0 Å². The average molecular weight is 201 g/mol. The van der Waals surface area contributed by atoms with Crippen LogP contribution in [0.15, 0.2) is 0 Å². The number of carbonyl (C=O) groups is 1. The predicted molar refractivity (Wildman–Crippen MR) is 57.9 cm³/mol. The number of nitrogens with two attached hydrogens (primary N) is 1. The summed E-state index contributed by atoms with van der Waals surface area (Å²) < 4.78 is 5.22. The molecule has 0 unspecified atom stereocenters. The summed E-state index contributed by atoms with van der Waals surface area (Å²) in [7, 11) is 0. The Morgan fingerprint density at radius 3 is 2.36 bits per heavy atom. The molecular weight excluding hydrogens is 178 g/mol. The Bertz CT molecular complexity index is 173. The molecule has 0 bridgehead atoms. The monoisotopic (exact) mass is 201 g/mol. The first-order chi connectivity index (χ1) is 6.39. The number of hydrogen-bond acceptors (Lipinski definition) is 3. The number of esters is 1. The molecule has 14 heavy (non-hydrogen) atoms. The fourth-order valence-corrected chi connectivity index (χ4v) is 1.33. The highest BCUT2D eigenvalue weighted by Gasteiger charge is 2.19. The summed E-state index contributed by atoms with van der Waals surface area (Å²) in [5.74, 6) is 0.135. The summed E-state index contributed by atoms with van der Waals surface area (Å²) in [6.45, 7) is 8.29. The van der Waals surface area contributed by atoms with Gasteiger partial charge in [0.15, 0.2) is 0 Å². The molecule has 0 radical (unpaired) electrons. The molecule has 0 saturated carbocycles. The summed E-state index contributed by atoms with van der Waals surface area (Å²) in [6, 6.07) is 0. The maximum absolute atomic E-state index is 11.4. The van der Waals surface area contributed by atoms with Crippen LogP contribution < -0.4 is 5.73 Å². The highest BCUT2D eigenvalue weighted by Crippen LogP contribution is 2.14. The second-order valence-corrected chi connectivity index (χ2v) is 4.68. The van der Waals surface area contributed by atoms with Crippen LogP contribution in [0.25, 0.3) is 0 Å². The van der Waals surface area contributed by atoms with Gasteiger partial charge in [-0.2, -0.15) is 0 Å². The highest BCUT2D eigenvalue weighted by molar-refractivity contribution is 5.70. The van der Waals surface area contributed by atoms with Crippen molar-refractivity contribution in [3.8, 4) is 0 Å². The van der Waals surface area contributed by atoms with Crippen molar-refractivity contribution in [1.29, 1.82) is 0 Å². The fourth-order valence-electron chi connectivity index (χ4n) is 1.33. The van der Waals surface area contributed by atoms with Crippen molar-refractivity contribution < 1.29 is 9.53 Å². The Morgan fingerprint density at radius 1 is 1.43 bits per heavy atom. The second kappa shape index (κ2) is 6.02. The molecule has 0 aliphatic rings. The van der Waals surface area contributed by atoms with E-state index in [1.807, 2.05) is 20.8 Å². The first kappa shape index (κ1) is 13.4. The molecule has 0 aromatic carbocycles. The van der Waals surface area contributed by atoms with Crippen LogP contribution in [0.5, 0.6) is 0 Å². The largest absolute Gasteiger partial charge is 0.460 e. The Balaban J connectivity index is 3.91. The van der Waals surface area contributed by atoms with Crippen molar-refractivity contribution in [1.82, 2.24) is 0 Å². The number of carbonyl (C=O) groups excluding carboxylic acids is 1. The zero-order chi connectivity index (χ0) is 11.2. The minimum atomic E-state index is -0.386. The van der Waals surface area contributed by atoms with Crippen molar-refractivity contribution >= 4 is 5.97 Å². The van der Waals surface area contributed by atoms with E-state index in [-0.39, 0.29) is 17.5 Å². The number of ether oxygens (including phenoxy) is 1. The van der Waals surface area contributed by atoms with Gasteiger partial charge in [-0.1, -0.05) is 13.3 Å². The lowest BCUT2D eigenvalue weighted by Crippen LogP contribution is -2.27. The van der Waals surface area contributed by atoms with Gasteiger partial charge in [0.05, 0.1) is 0 Å². The van der Waals surface area contributed by atoms with Gasteiger partial charge >= 0.3 is 5.97 Å². The Labute approximate surface area is 87.0 Å². The molecule has 0 amide bonds. The normalized spacial score (nSPS) is 13.8. The zero-order valence-electron chi connectivity index (χ0n) is 9.80. The van der Waals surface area contributed by atoms with Gasteiger partial charge in [-0.05, 0) is 39.7 Å². The van der Waals surface area contributed by atoms with Gasteiger partial charge in [0.25, 0.3) is 0 Å². The van der Waals surface area contributed by atoms with Gasteiger partial charge in [0.2, 0.25) is 0 Å². The van der Waals surface area contributed by atoms with Crippen molar-refractivity contribution in [3.05, 3.63) is 0 Å². The highest BCUT2D eigenvalue weighted by atomic mass is 16.6. The van der Waals surface area contributed by atoms with Crippen LogP contribution >= 0.6 is 0 Å². The van der Waals surface area contributed by atoms with E-state index >= 15 is 0 Å². The lowest BCUT2D eigenvalue weighted by molar-refractivity contribution is -0.155. The third kappa shape index (κ3) is 6.89. The topological polar surface area (TPSA) is 52.3 Å². The molecule has 0 rings (SSSR count). The summed E-state index contributed by atoms with van der Waals surface area (Å²) in [5.41, 5.74) is 5.18.